The van der Waals surface area contributed by atoms with Gasteiger partial charge in [-0.25, -0.2) is 9.97 Å². The fraction of sp³-hybridized carbons (Fsp3) is 0.292. The summed E-state index contributed by atoms with van der Waals surface area (Å²) in [6.07, 6.45) is 2.01. The molecule has 0 aliphatic carbocycles. The number of imidazole rings is 1. The summed E-state index contributed by atoms with van der Waals surface area (Å²) in [5.74, 6) is 1.66. The highest BCUT2D eigenvalue weighted by molar-refractivity contribution is 5.95. The van der Waals surface area contributed by atoms with E-state index in [2.05, 4.69) is 39.7 Å². The third kappa shape index (κ3) is 3.37. The van der Waals surface area contributed by atoms with Crippen LogP contribution in [0.1, 0.15) is 29.2 Å². The molecule has 5 heteroatoms. The van der Waals surface area contributed by atoms with Crippen LogP contribution in [-0.2, 0) is 6.54 Å². The van der Waals surface area contributed by atoms with Gasteiger partial charge in [-0.15, -0.1) is 0 Å². The molecule has 2 aromatic heterocycles. The van der Waals surface area contributed by atoms with Gasteiger partial charge >= 0.3 is 0 Å². The molecule has 29 heavy (non-hydrogen) atoms. The first-order valence-electron chi connectivity index (χ1n) is 10.3. The first kappa shape index (κ1) is 17.9. The Kier molecular flexibility index (Phi) is 4.51. The molecule has 5 nitrogen and oxygen atoms in total. The van der Waals surface area contributed by atoms with Crippen molar-refractivity contribution in [3.8, 4) is 0 Å². The van der Waals surface area contributed by atoms with Crippen LogP contribution in [-0.4, -0.2) is 38.4 Å². The van der Waals surface area contributed by atoms with Crippen molar-refractivity contribution < 1.29 is 4.79 Å². The Morgan fingerprint density at radius 3 is 2.48 bits per heavy atom. The van der Waals surface area contributed by atoms with Crippen LogP contribution in [0.4, 0.5) is 0 Å². The second kappa shape index (κ2) is 7.32. The average molecular weight is 384 g/mol. The van der Waals surface area contributed by atoms with E-state index in [4.69, 9.17) is 0 Å². The second-order valence-corrected chi connectivity index (χ2v) is 7.88. The number of carbonyl (C=O) groups excluding carboxylic acids is 1. The predicted octanol–water partition coefficient (Wildman–Crippen LogP) is 4.45. The van der Waals surface area contributed by atoms with Gasteiger partial charge in [-0.3, -0.25) is 4.79 Å². The molecule has 0 unspecified atom stereocenters. The van der Waals surface area contributed by atoms with Gasteiger partial charge < -0.3 is 9.47 Å². The van der Waals surface area contributed by atoms with Crippen molar-refractivity contribution in [1.29, 1.82) is 0 Å². The van der Waals surface area contributed by atoms with Crippen molar-refractivity contribution in [3.05, 3.63) is 72.2 Å². The first-order valence-corrected chi connectivity index (χ1v) is 10.3. The van der Waals surface area contributed by atoms with Crippen molar-refractivity contribution in [2.24, 2.45) is 5.92 Å². The molecule has 0 N–H and O–H groups in total. The normalized spacial score (nSPS) is 15.3. The molecule has 1 fully saturated rings. The largest absolute Gasteiger partial charge is 0.337 e. The summed E-state index contributed by atoms with van der Waals surface area (Å²) in [5, 5.41) is 1.06. The Morgan fingerprint density at radius 2 is 1.66 bits per heavy atom. The van der Waals surface area contributed by atoms with Gasteiger partial charge in [-0.1, -0.05) is 36.4 Å². The molecule has 2 aromatic carbocycles. The van der Waals surface area contributed by atoms with Crippen molar-refractivity contribution in [3.63, 3.8) is 0 Å². The molecule has 0 bridgehead atoms. The topological polar surface area (TPSA) is 51.0 Å². The van der Waals surface area contributed by atoms with E-state index < -0.39 is 0 Å². The molecule has 146 valence electrons. The van der Waals surface area contributed by atoms with Gasteiger partial charge in [0.05, 0.1) is 16.6 Å². The van der Waals surface area contributed by atoms with E-state index in [-0.39, 0.29) is 5.91 Å². The SMILES string of the molecule is Cc1nc2ccccc2n1CC1CCN(C(=O)c2ccc3ccccc3n2)CC1. The Balaban J connectivity index is 1.27. The monoisotopic (exact) mass is 384 g/mol. The quantitative estimate of drug-likeness (QED) is 0.524. The zero-order valence-electron chi connectivity index (χ0n) is 16.6. The van der Waals surface area contributed by atoms with E-state index in [1.54, 1.807) is 0 Å². The third-order valence-corrected chi connectivity index (χ3v) is 6.01. The zero-order chi connectivity index (χ0) is 19.8. The van der Waals surface area contributed by atoms with E-state index in [1.807, 2.05) is 47.4 Å². The minimum atomic E-state index is 0.0402. The number of rotatable bonds is 3. The number of benzene rings is 2. The van der Waals surface area contributed by atoms with Crippen LogP contribution in [0, 0.1) is 12.8 Å². The summed E-state index contributed by atoms with van der Waals surface area (Å²) < 4.78 is 2.32. The van der Waals surface area contributed by atoms with E-state index in [9.17, 15) is 4.79 Å². The van der Waals surface area contributed by atoms with Crippen LogP contribution in [0.3, 0.4) is 0 Å². The molecule has 3 heterocycles. The third-order valence-electron chi connectivity index (χ3n) is 6.01. The molecular formula is C24H24N4O. The van der Waals surface area contributed by atoms with Crippen LogP contribution in [0.2, 0.25) is 0 Å². The highest BCUT2D eigenvalue weighted by atomic mass is 16.2. The number of amides is 1. The number of aromatic nitrogens is 3. The van der Waals surface area contributed by atoms with E-state index in [0.29, 0.717) is 11.6 Å². The summed E-state index contributed by atoms with van der Waals surface area (Å²) in [7, 11) is 0. The Labute approximate surface area is 170 Å². The van der Waals surface area contributed by atoms with Gasteiger partial charge in [0.1, 0.15) is 11.5 Å². The van der Waals surface area contributed by atoms with Gasteiger partial charge in [0.25, 0.3) is 5.91 Å². The summed E-state index contributed by atoms with van der Waals surface area (Å²) in [6, 6.07) is 20.0. The number of likely N-dealkylation sites (tertiary alicyclic amines) is 1. The molecule has 1 saturated heterocycles. The number of para-hydroxylation sites is 3. The number of aryl methyl sites for hydroxylation is 1. The standard InChI is InChI=1S/C24H24N4O/c1-17-25-21-8-4-5-9-23(21)28(17)16-18-12-14-27(15-13-18)24(29)22-11-10-19-6-2-3-7-20(19)26-22/h2-11,18H,12-16H2,1H3. The molecule has 0 atom stereocenters. The fourth-order valence-electron chi connectivity index (χ4n) is 4.35. The molecule has 1 amide bonds. The maximum atomic E-state index is 12.9. The minimum Gasteiger partial charge on any atom is -0.337 e. The molecule has 0 radical (unpaired) electrons. The van der Waals surface area contributed by atoms with E-state index >= 15 is 0 Å². The first-order chi connectivity index (χ1) is 14.2. The summed E-state index contributed by atoms with van der Waals surface area (Å²) in [4.78, 5) is 24.1. The van der Waals surface area contributed by atoms with Crippen LogP contribution in [0.25, 0.3) is 21.9 Å². The maximum absolute atomic E-state index is 12.9. The Hall–Kier alpha value is -3.21. The van der Waals surface area contributed by atoms with Gasteiger partial charge in [0, 0.05) is 25.0 Å². The van der Waals surface area contributed by atoms with Gasteiger partial charge in [-0.05, 0) is 49.9 Å². The second-order valence-electron chi connectivity index (χ2n) is 7.88. The molecule has 0 spiro atoms. The fourth-order valence-corrected chi connectivity index (χ4v) is 4.35. The van der Waals surface area contributed by atoms with Crippen molar-refractivity contribution >= 4 is 27.8 Å². The lowest BCUT2D eigenvalue weighted by atomic mass is 9.96. The molecule has 4 aromatic rings. The number of carbonyl (C=O) groups is 1. The highest BCUT2D eigenvalue weighted by Gasteiger charge is 2.25. The number of pyridine rings is 1. The Bertz CT molecular complexity index is 1190. The zero-order valence-corrected chi connectivity index (χ0v) is 16.6. The van der Waals surface area contributed by atoms with Gasteiger partial charge in [0.15, 0.2) is 0 Å². The van der Waals surface area contributed by atoms with Gasteiger partial charge in [0.2, 0.25) is 0 Å². The predicted molar refractivity (Wildman–Crippen MR) is 115 cm³/mol. The van der Waals surface area contributed by atoms with E-state index in [1.165, 1.54) is 5.52 Å². The summed E-state index contributed by atoms with van der Waals surface area (Å²) >= 11 is 0. The van der Waals surface area contributed by atoms with Crippen LogP contribution < -0.4 is 0 Å². The van der Waals surface area contributed by atoms with Gasteiger partial charge in [-0.2, -0.15) is 0 Å². The highest BCUT2D eigenvalue weighted by Crippen LogP contribution is 2.24. The molecule has 0 saturated carbocycles. The van der Waals surface area contributed by atoms with Crippen LogP contribution in [0.5, 0.6) is 0 Å². The lowest BCUT2D eigenvalue weighted by molar-refractivity contribution is 0.0677. The summed E-state index contributed by atoms with van der Waals surface area (Å²) in [6.45, 7) is 4.60. The number of nitrogens with zero attached hydrogens (tertiary/aromatic N) is 4. The molecule has 5 rings (SSSR count). The summed E-state index contributed by atoms with van der Waals surface area (Å²) in [5.41, 5.74) is 3.66. The lowest BCUT2D eigenvalue weighted by Crippen LogP contribution is -2.39. The molecule has 1 aliphatic rings. The maximum Gasteiger partial charge on any atom is 0.272 e. The number of fused-ring (bicyclic) bond motifs is 2. The number of piperidine rings is 1. The number of hydrogen-bond donors (Lipinski definition) is 0. The van der Waals surface area contributed by atoms with Crippen molar-refractivity contribution in [1.82, 2.24) is 19.4 Å². The van der Waals surface area contributed by atoms with Crippen molar-refractivity contribution in [2.45, 2.75) is 26.3 Å². The Morgan fingerprint density at radius 1 is 0.931 bits per heavy atom. The molecule has 1 aliphatic heterocycles. The van der Waals surface area contributed by atoms with E-state index in [0.717, 1.165) is 54.7 Å². The average Bonchev–Trinajstić information content (AvgIpc) is 3.08. The van der Waals surface area contributed by atoms with Crippen molar-refractivity contribution in [2.75, 3.05) is 13.1 Å². The smallest absolute Gasteiger partial charge is 0.272 e. The van der Waals surface area contributed by atoms with Crippen LogP contribution in [0.15, 0.2) is 60.7 Å². The molecular weight excluding hydrogens is 360 g/mol. The lowest BCUT2D eigenvalue weighted by Gasteiger charge is -2.32. The number of hydrogen-bond acceptors (Lipinski definition) is 3. The minimum absolute atomic E-state index is 0.0402. The van der Waals surface area contributed by atoms with Crippen LogP contribution >= 0.6 is 0 Å².